The van der Waals surface area contributed by atoms with Crippen LogP contribution in [0.25, 0.3) is 11.6 Å². The number of carbonyl (C=O) groups is 2. The van der Waals surface area contributed by atoms with Crippen molar-refractivity contribution < 1.29 is 14.3 Å². The number of rotatable bonds is 9. The van der Waals surface area contributed by atoms with E-state index in [1.165, 1.54) is 31.9 Å². The summed E-state index contributed by atoms with van der Waals surface area (Å²) >= 11 is 0. The number of ketones is 1. The standard InChI is InChI=1S/C23H22N6O3/c1-32-18-10-17(12-27-13-18)29-22(20(24)11-16-4-2-3-7-28-16)23(31)21(25)19(14-30)15-5-8-26-9-6-15/h2-14,22,29H,24-25H2,1H3. The third kappa shape index (κ3) is 5.33. The predicted octanol–water partition coefficient (Wildman–Crippen LogP) is 1.80. The number of carbonyl (C=O) groups excluding carboxylic acids is 2. The highest BCUT2D eigenvalue weighted by atomic mass is 16.5. The summed E-state index contributed by atoms with van der Waals surface area (Å²) in [6.45, 7) is 0. The smallest absolute Gasteiger partial charge is 0.207 e. The average molecular weight is 430 g/mol. The van der Waals surface area contributed by atoms with Gasteiger partial charge in [-0.25, -0.2) is 0 Å². The number of aldehydes is 1. The Hall–Kier alpha value is -4.53. The second kappa shape index (κ2) is 10.5. The molecule has 0 bridgehead atoms. The number of ether oxygens (including phenoxy) is 1. The minimum Gasteiger partial charge on any atom is -0.495 e. The summed E-state index contributed by atoms with van der Waals surface area (Å²) in [7, 11) is 1.50. The molecule has 0 amide bonds. The molecular weight excluding hydrogens is 408 g/mol. The van der Waals surface area contributed by atoms with Crippen molar-refractivity contribution in [3.8, 4) is 5.75 Å². The Morgan fingerprint density at radius 2 is 1.88 bits per heavy atom. The lowest BCUT2D eigenvalue weighted by Crippen LogP contribution is -2.38. The van der Waals surface area contributed by atoms with Crippen molar-refractivity contribution in [2.45, 2.75) is 6.04 Å². The van der Waals surface area contributed by atoms with Crippen LogP contribution in [0.15, 0.2) is 78.8 Å². The molecule has 0 fully saturated rings. The number of anilines is 1. The minimum absolute atomic E-state index is 0.0404. The number of nitrogens with one attached hydrogen (secondary N) is 1. The SMILES string of the molecule is COc1cncc(NC(C(=O)C(N)=C(C=O)c2ccncc2)C(N)=Cc2ccccn2)c1. The van der Waals surface area contributed by atoms with Gasteiger partial charge in [-0.2, -0.15) is 0 Å². The van der Waals surface area contributed by atoms with E-state index in [4.69, 9.17) is 16.2 Å². The summed E-state index contributed by atoms with van der Waals surface area (Å²) in [6.07, 6.45) is 9.75. The molecule has 162 valence electrons. The maximum Gasteiger partial charge on any atom is 0.207 e. The highest BCUT2D eigenvalue weighted by Gasteiger charge is 2.26. The van der Waals surface area contributed by atoms with Gasteiger partial charge in [-0.15, -0.1) is 0 Å². The first-order valence-electron chi connectivity index (χ1n) is 9.56. The molecule has 3 aromatic rings. The lowest BCUT2D eigenvalue weighted by molar-refractivity contribution is -0.115. The van der Waals surface area contributed by atoms with Crippen molar-refractivity contribution in [3.63, 3.8) is 0 Å². The largest absolute Gasteiger partial charge is 0.495 e. The fraction of sp³-hybridized carbons (Fsp3) is 0.0870. The zero-order chi connectivity index (χ0) is 22.9. The van der Waals surface area contributed by atoms with Gasteiger partial charge in [-0.3, -0.25) is 24.5 Å². The van der Waals surface area contributed by atoms with E-state index >= 15 is 0 Å². The van der Waals surface area contributed by atoms with Crippen molar-refractivity contribution in [3.05, 3.63) is 90.0 Å². The van der Waals surface area contributed by atoms with Gasteiger partial charge in [0.05, 0.1) is 36.6 Å². The highest BCUT2D eigenvalue weighted by molar-refractivity contribution is 6.19. The van der Waals surface area contributed by atoms with Gasteiger partial charge in [0, 0.05) is 35.9 Å². The van der Waals surface area contributed by atoms with Crippen LogP contribution in [0, 0.1) is 0 Å². The molecule has 1 unspecified atom stereocenters. The van der Waals surface area contributed by atoms with Crippen molar-refractivity contribution in [2.75, 3.05) is 12.4 Å². The predicted molar refractivity (Wildman–Crippen MR) is 121 cm³/mol. The lowest BCUT2D eigenvalue weighted by atomic mass is 9.98. The summed E-state index contributed by atoms with van der Waals surface area (Å²) in [5.74, 6) is -0.0984. The molecule has 0 aliphatic rings. The van der Waals surface area contributed by atoms with E-state index in [-0.39, 0.29) is 17.0 Å². The summed E-state index contributed by atoms with van der Waals surface area (Å²) in [5, 5.41) is 3.03. The number of Topliss-reactive ketones (excluding diaryl/α,β-unsaturated/α-hetero) is 1. The molecule has 0 aromatic carbocycles. The van der Waals surface area contributed by atoms with Crippen LogP contribution in [0.3, 0.4) is 0 Å². The molecule has 0 saturated heterocycles. The fourth-order valence-corrected chi connectivity index (χ4v) is 2.90. The summed E-state index contributed by atoms with van der Waals surface area (Å²) in [6, 6.07) is 9.05. The lowest BCUT2D eigenvalue weighted by Gasteiger charge is -2.20. The van der Waals surface area contributed by atoms with Crippen LogP contribution < -0.4 is 21.5 Å². The minimum atomic E-state index is -1.09. The molecule has 0 aliphatic carbocycles. The third-order valence-corrected chi connectivity index (χ3v) is 4.52. The van der Waals surface area contributed by atoms with Crippen molar-refractivity contribution >= 4 is 29.4 Å². The van der Waals surface area contributed by atoms with Gasteiger partial charge >= 0.3 is 0 Å². The number of allylic oxidation sites excluding steroid dienone is 1. The first kappa shape index (κ1) is 22.2. The van der Waals surface area contributed by atoms with E-state index in [1.807, 2.05) is 0 Å². The van der Waals surface area contributed by atoms with Gasteiger partial charge < -0.3 is 21.5 Å². The fourth-order valence-electron chi connectivity index (χ4n) is 2.90. The van der Waals surface area contributed by atoms with Crippen LogP contribution >= 0.6 is 0 Å². The van der Waals surface area contributed by atoms with E-state index in [2.05, 4.69) is 20.3 Å². The molecule has 3 heterocycles. The highest BCUT2D eigenvalue weighted by Crippen LogP contribution is 2.21. The van der Waals surface area contributed by atoms with Gasteiger partial charge in [-0.1, -0.05) is 6.07 Å². The average Bonchev–Trinajstić information content (AvgIpc) is 2.84. The number of methoxy groups -OCH3 is 1. The van der Waals surface area contributed by atoms with Crippen LogP contribution in [0.4, 0.5) is 5.69 Å². The van der Waals surface area contributed by atoms with Crippen molar-refractivity contribution in [2.24, 2.45) is 11.5 Å². The molecule has 0 spiro atoms. The Bertz CT molecular complexity index is 1150. The Morgan fingerprint density at radius 1 is 1.09 bits per heavy atom. The summed E-state index contributed by atoms with van der Waals surface area (Å²) in [5.41, 5.74) is 13.9. The van der Waals surface area contributed by atoms with Crippen LogP contribution in [-0.2, 0) is 9.59 Å². The molecular formula is C23H22N6O3. The second-order valence-corrected chi connectivity index (χ2v) is 6.64. The molecule has 9 nitrogen and oxygen atoms in total. The van der Waals surface area contributed by atoms with E-state index in [0.717, 1.165) is 0 Å². The van der Waals surface area contributed by atoms with E-state index < -0.39 is 11.8 Å². The Kier molecular flexibility index (Phi) is 7.26. The van der Waals surface area contributed by atoms with E-state index in [0.29, 0.717) is 29.0 Å². The Balaban J connectivity index is 2.04. The number of hydrogen-bond donors (Lipinski definition) is 3. The number of nitrogens with zero attached hydrogens (tertiary/aromatic N) is 3. The Labute approximate surface area is 184 Å². The molecule has 0 aliphatic heterocycles. The number of hydrogen-bond acceptors (Lipinski definition) is 9. The van der Waals surface area contributed by atoms with Crippen molar-refractivity contribution in [1.29, 1.82) is 0 Å². The molecule has 9 heteroatoms. The van der Waals surface area contributed by atoms with Gasteiger partial charge in [-0.05, 0) is 35.9 Å². The summed E-state index contributed by atoms with van der Waals surface area (Å²) in [4.78, 5) is 37.4. The molecule has 1 atom stereocenters. The van der Waals surface area contributed by atoms with Gasteiger partial charge in [0.25, 0.3) is 0 Å². The monoisotopic (exact) mass is 430 g/mol. The second-order valence-electron chi connectivity index (χ2n) is 6.64. The van der Waals surface area contributed by atoms with Gasteiger partial charge in [0.1, 0.15) is 11.8 Å². The Morgan fingerprint density at radius 3 is 2.53 bits per heavy atom. The van der Waals surface area contributed by atoms with Crippen LogP contribution in [0.5, 0.6) is 5.75 Å². The maximum absolute atomic E-state index is 13.4. The maximum atomic E-state index is 13.4. The van der Waals surface area contributed by atoms with Crippen LogP contribution in [-0.4, -0.2) is 40.2 Å². The van der Waals surface area contributed by atoms with E-state index in [9.17, 15) is 9.59 Å². The first-order chi connectivity index (χ1) is 15.5. The topological polar surface area (TPSA) is 146 Å². The normalized spacial score (nSPS) is 13.0. The van der Waals surface area contributed by atoms with Gasteiger partial charge in [0.15, 0.2) is 6.29 Å². The molecule has 32 heavy (non-hydrogen) atoms. The van der Waals surface area contributed by atoms with Crippen LogP contribution in [0.2, 0.25) is 0 Å². The van der Waals surface area contributed by atoms with Crippen LogP contribution in [0.1, 0.15) is 11.3 Å². The third-order valence-electron chi connectivity index (χ3n) is 4.52. The van der Waals surface area contributed by atoms with Gasteiger partial charge in [0.2, 0.25) is 5.78 Å². The zero-order valence-corrected chi connectivity index (χ0v) is 17.3. The zero-order valence-electron chi connectivity index (χ0n) is 17.3. The number of nitrogens with two attached hydrogens (primary N) is 2. The van der Waals surface area contributed by atoms with E-state index in [1.54, 1.807) is 48.7 Å². The summed E-state index contributed by atoms with van der Waals surface area (Å²) < 4.78 is 5.18. The van der Waals surface area contributed by atoms with Crippen molar-refractivity contribution in [1.82, 2.24) is 15.0 Å². The molecule has 0 saturated carbocycles. The number of pyridine rings is 3. The first-order valence-corrected chi connectivity index (χ1v) is 9.56. The molecule has 3 rings (SSSR count). The molecule has 5 N–H and O–H groups in total. The quantitative estimate of drug-likeness (QED) is 0.341. The molecule has 0 radical (unpaired) electrons. The molecule has 3 aromatic heterocycles. The number of aromatic nitrogens is 3.